The molecule has 1 aromatic carbocycles. The molecule has 1 unspecified atom stereocenters. The van der Waals surface area contributed by atoms with Gasteiger partial charge in [0.25, 0.3) is 5.91 Å². The van der Waals surface area contributed by atoms with E-state index in [2.05, 4.69) is 10.4 Å². The third kappa shape index (κ3) is 3.11. The van der Waals surface area contributed by atoms with Crippen LogP contribution in [0.15, 0.2) is 42.7 Å². The van der Waals surface area contributed by atoms with Crippen molar-refractivity contribution in [2.75, 3.05) is 6.54 Å². The number of rotatable bonds is 4. The Morgan fingerprint density at radius 3 is 2.83 bits per heavy atom. The number of para-hydroxylation sites is 1. The predicted molar refractivity (Wildman–Crippen MR) is 71.2 cm³/mol. The normalized spacial score (nSPS) is 12.1. The Hall–Kier alpha value is -1.81. The first-order chi connectivity index (χ1) is 8.66. The quantitative estimate of drug-likeness (QED) is 0.860. The monoisotopic (exact) mass is 263 g/mol. The highest BCUT2D eigenvalue weighted by Gasteiger charge is 2.09. The highest BCUT2D eigenvalue weighted by Crippen LogP contribution is 2.07. The van der Waals surface area contributed by atoms with Gasteiger partial charge in [0.15, 0.2) is 0 Å². The average Bonchev–Trinajstić information content (AvgIpc) is 2.86. The molecule has 0 saturated carbocycles. The summed E-state index contributed by atoms with van der Waals surface area (Å²) in [6, 6.07) is 9.63. The van der Waals surface area contributed by atoms with Gasteiger partial charge in [0.1, 0.15) is 0 Å². The molecule has 0 radical (unpaired) electrons. The second kappa shape index (κ2) is 5.69. The van der Waals surface area contributed by atoms with E-state index in [-0.39, 0.29) is 11.3 Å². The van der Waals surface area contributed by atoms with Crippen molar-refractivity contribution in [2.45, 2.75) is 12.3 Å². The van der Waals surface area contributed by atoms with E-state index in [1.807, 2.05) is 37.3 Å². The number of aromatic nitrogens is 2. The minimum Gasteiger partial charge on any atom is -0.350 e. The summed E-state index contributed by atoms with van der Waals surface area (Å²) in [5.41, 5.74) is 1.44. The number of halogens is 1. The lowest BCUT2D eigenvalue weighted by molar-refractivity contribution is 0.0954. The van der Waals surface area contributed by atoms with Crippen LogP contribution in [-0.2, 0) is 0 Å². The van der Waals surface area contributed by atoms with Gasteiger partial charge in [0, 0.05) is 18.1 Å². The van der Waals surface area contributed by atoms with Gasteiger partial charge in [-0.1, -0.05) is 18.2 Å². The lowest BCUT2D eigenvalue weighted by Gasteiger charge is -2.04. The van der Waals surface area contributed by atoms with E-state index in [1.54, 1.807) is 17.1 Å². The molecule has 94 valence electrons. The summed E-state index contributed by atoms with van der Waals surface area (Å²) < 4.78 is 1.67. The van der Waals surface area contributed by atoms with Crippen LogP contribution in [0.5, 0.6) is 0 Å². The smallest absolute Gasteiger partial charge is 0.254 e. The summed E-state index contributed by atoms with van der Waals surface area (Å²) >= 11 is 5.77. The van der Waals surface area contributed by atoms with Gasteiger partial charge < -0.3 is 5.32 Å². The van der Waals surface area contributed by atoms with E-state index in [4.69, 9.17) is 11.6 Å². The molecule has 18 heavy (non-hydrogen) atoms. The zero-order valence-electron chi connectivity index (χ0n) is 10.0. The first kappa shape index (κ1) is 12.6. The van der Waals surface area contributed by atoms with Crippen molar-refractivity contribution in [3.8, 4) is 5.69 Å². The standard InChI is InChI=1S/C13H14ClN3O/c1-10(14)7-15-13(18)11-8-16-17(9-11)12-5-3-2-4-6-12/h2-6,8-10H,7H2,1H3,(H,15,18). The topological polar surface area (TPSA) is 46.9 Å². The number of hydrogen-bond acceptors (Lipinski definition) is 2. The van der Waals surface area contributed by atoms with Crippen LogP contribution >= 0.6 is 11.6 Å². The number of benzene rings is 1. The molecular formula is C13H14ClN3O. The van der Waals surface area contributed by atoms with Crippen LogP contribution in [0.1, 0.15) is 17.3 Å². The fraction of sp³-hybridized carbons (Fsp3) is 0.231. The van der Waals surface area contributed by atoms with E-state index >= 15 is 0 Å². The Labute approximate surface area is 111 Å². The molecule has 1 atom stereocenters. The van der Waals surface area contributed by atoms with Crippen LogP contribution in [0, 0.1) is 0 Å². The van der Waals surface area contributed by atoms with Gasteiger partial charge in [-0.15, -0.1) is 11.6 Å². The van der Waals surface area contributed by atoms with Crippen molar-refractivity contribution < 1.29 is 4.79 Å². The third-order valence-electron chi connectivity index (χ3n) is 2.41. The second-order valence-electron chi connectivity index (χ2n) is 4.00. The Kier molecular flexibility index (Phi) is 3.99. The molecule has 2 rings (SSSR count). The maximum atomic E-state index is 11.8. The summed E-state index contributed by atoms with van der Waals surface area (Å²) in [5.74, 6) is -0.162. The fourth-order valence-electron chi connectivity index (χ4n) is 1.50. The molecule has 2 aromatic rings. The molecule has 4 nitrogen and oxygen atoms in total. The highest BCUT2D eigenvalue weighted by molar-refractivity contribution is 6.20. The summed E-state index contributed by atoms with van der Waals surface area (Å²) in [4.78, 5) is 11.8. The number of carbonyl (C=O) groups is 1. The molecule has 0 aliphatic rings. The number of hydrogen-bond donors (Lipinski definition) is 1. The number of nitrogens with zero attached hydrogens (tertiary/aromatic N) is 2. The van der Waals surface area contributed by atoms with Gasteiger partial charge in [-0.25, -0.2) is 4.68 Å². The lowest BCUT2D eigenvalue weighted by atomic mass is 10.3. The molecule has 0 aliphatic carbocycles. The Bertz CT molecular complexity index is 522. The van der Waals surface area contributed by atoms with Gasteiger partial charge in [-0.05, 0) is 19.1 Å². The molecular weight excluding hydrogens is 250 g/mol. The molecule has 1 amide bonds. The summed E-state index contributed by atoms with van der Waals surface area (Å²) in [5, 5.41) is 6.81. The van der Waals surface area contributed by atoms with Gasteiger partial charge in [-0.3, -0.25) is 4.79 Å². The maximum Gasteiger partial charge on any atom is 0.254 e. The molecule has 1 aromatic heterocycles. The molecule has 0 aliphatic heterocycles. The maximum absolute atomic E-state index is 11.8. The Morgan fingerprint density at radius 2 is 2.17 bits per heavy atom. The Balaban J connectivity index is 2.09. The van der Waals surface area contributed by atoms with Gasteiger partial charge in [-0.2, -0.15) is 5.10 Å². The summed E-state index contributed by atoms with van der Waals surface area (Å²) in [7, 11) is 0. The zero-order chi connectivity index (χ0) is 13.0. The lowest BCUT2D eigenvalue weighted by Crippen LogP contribution is -2.28. The van der Waals surface area contributed by atoms with Crippen LogP contribution in [0.4, 0.5) is 0 Å². The number of carbonyl (C=O) groups excluding carboxylic acids is 1. The molecule has 0 saturated heterocycles. The molecule has 0 spiro atoms. The summed E-state index contributed by atoms with van der Waals surface area (Å²) in [6.45, 7) is 2.27. The predicted octanol–water partition coefficient (Wildman–Crippen LogP) is 2.23. The zero-order valence-corrected chi connectivity index (χ0v) is 10.8. The van der Waals surface area contributed by atoms with E-state index in [0.29, 0.717) is 12.1 Å². The van der Waals surface area contributed by atoms with Crippen LogP contribution in [0.25, 0.3) is 5.69 Å². The van der Waals surface area contributed by atoms with Crippen LogP contribution < -0.4 is 5.32 Å². The van der Waals surface area contributed by atoms with E-state index < -0.39 is 0 Å². The summed E-state index contributed by atoms with van der Waals surface area (Å²) in [6.07, 6.45) is 3.24. The molecule has 5 heteroatoms. The SMILES string of the molecule is CC(Cl)CNC(=O)c1cnn(-c2ccccc2)c1. The second-order valence-corrected chi connectivity index (χ2v) is 4.74. The van der Waals surface area contributed by atoms with Crippen LogP contribution in [0.3, 0.4) is 0 Å². The largest absolute Gasteiger partial charge is 0.350 e. The van der Waals surface area contributed by atoms with Gasteiger partial charge in [0.05, 0.1) is 17.4 Å². The van der Waals surface area contributed by atoms with Crippen molar-refractivity contribution in [3.63, 3.8) is 0 Å². The van der Waals surface area contributed by atoms with Crippen LogP contribution in [0.2, 0.25) is 0 Å². The number of nitrogens with one attached hydrogen (secondary N) is 1. The number of alkyl halides is 1. The number of amides is 1. The minimum atomic E-state index is -0.162. The first-order valence-corrected chi connectivity index (χ1v) is 6.13. The van der Waals surface area contributed by atoms with Crippen molar-refractivity contribution in [1.29, 1.82) is 0 Å². The van der Waals surface area contributed by atoms with Crippen molar-refractivity contribution in [2.24, 2.45) is 0 Å². The minimum absolute atomic E-state index is 0.0851. The van der Waals surface area contributed by atoms with Gasteiger partial charge >= 0.3 is 0 Å². The third-order valence-corrected chi connectivity index (χ3v) is 2.56. The fourth-order valence-corrected chi connectivity index (χ4v) is 1.57. The Morgan fingerprint density at radius 1 is 1.44 bits per heavy atom. The molecule has 0 fully saturated rings. The molecule has 0 bridgehead atoms. The van der Waals surface area contributed by atoms with E-state index in [0.717, 1.165) is 5.69 Å². The first-order valence-electron chi connectivity index (χ1n) is 5.69. The van der Waals surface area contributed by atoms with Crippen molar-refractivity contribution in [1.82, 2.24) is 15.1 Å². The van der Waals surface area contributed by atoms with E-state index in [1.165, 1.54) is 0 Å². The van der Waals surface area contributed by atoms with Crippen molar-refractivity contribution in [3.05, 3.63) is 48.3 Å². The van der Waals surface area contributed by atoms with Crippen molar-refractivity contribution >= 4 is 17.5 Å². The molecule has 1 N–H and O–H groups in total. The highest BCUT2D eigenvalue weighted by atomic mass is 35.5. The molecule has 1 heterocycles. The van der Waals surface area contributed by atoms with Gasteiger partial charge in [0.2, 0.25) is 0 Å². The van der Waals surface area contributed by atoms with E-state index in [9.17, 15) is 4.79 Å². The van der Waals surface area contributed by atoms with Crippen LogP contribution in [-0.4, -0.2) is 27.6 Å². The average molecular weight is 264 g/mol.